The maximum absolute atomic E-state index is 13.7. The van der Waals surface area contributed by atoms with Crippen molar-refractivity contribution in [1.29, 1.82) is 0 Å². The van der Waals surface area contributed by atoms with Gasteiger partial charge in [0, 0.05) is 55.0 Å². The Morgan fingerprint density at radius 3 is 2.65 bits per heavy atom. The minimum atomic E-state index is -4.43. The van der Waals surface area contributed by atoms with Gasteiger partial charge in [0.25, 0.3) is 0 Å². The van der Waals surface area contributed by atoms with Crippen LogP contribution in [0.3, 0.4) is 0 Å². The Bertz CT molecular complexity index is 1460. The van der Waals surface area contributed by atoms with Crippen molar-refractivity contribution in [2.24, 2.45) is 5.41 Å². The molecule has 1 spiro atoms. The zero-order valence-corrected chi connectivity index (χ0v) is 21.7. The molecule has 37 heavy (non-hydrogen) atoms. The van der Waals surface area contributed by atoms with Crippen molar-refractivity contribution in [3.8, 4) is 27.7 Å². The standard InChI is InChI=1S/C24H27F3N8OS/c1-13(2)33-8-23(9-33)10-34(11-23)22-14(3)30-21(37-22)19-16(6-24(25,26)27)18(31-32-19)15-5-17(36-4)20-28-12-29-35(20)7-15/h5,7,12-13H,6,8-11H2,1-4H3,(H,31,32). The zero-order chi connectivity index (χ0) is 26.1. The van der Waals surface area contributed by atoms with E-state index in [1.807, 2.05) is 6.92 Å². The van der Waals surface area contributed by atoms with Crippen molar-refractivity contribution in [2.75, 3.05) is 38.2 Å². The lowest BCUT2D eigenvalue weighted by Crippen LogP contribution is -2.73. The lowest BCUT2D eigenvalue weighted by atomic mass is 9.72. The summed E-state index contributed by atoms with van der Waals surface area (Å²) in [6.07, 6.45) is -2.60. The van der Waals surface area contributed by atoms with E-state index >= 15 is 0 Å². The summed E-state index contributed by atoms with van der Waals surface area (Å²) in [5, 5.41) is 12.7. The number of H-pyrrole nitrogens is 1. The molecule has 0 saturated carbocycles. The highest BCUT2D eigenvalue weighted by Crippen LogP contribution is 2.47. The predicted octanol–water partition coefficient (Wildman–Crippen LogP) is 4.20. The van der Waals surface area contributed by atoms with Crippen molar-refractivity contribution < 1.29 is 17.9 Å². The topological polar surface area (TPSA) is 87.5 Å². The molecule has 1 N–H and O–H groups in total. The normalized spacial score (nSPS) is 17.6. The number of nitrogens with zero attached hydrogens (tertiary/aromatic N) is 7. The summed E-state index contributed by atoms with van der Waals surface area (Å²) in [7, 11) is 1.48. The molecule has 0 radical (unpaired) electrons. The number of aromatic nitrogens is 6. The van der Waals surface area contributed by atoms with Crippen LogP contribution in [0, 0.1) is 12.3 Å². The van der Waals surface area contributed by atoms with E-state index in [2.05, 4.69) is 48.9 Å². The summed E-state index contributed by atoms with van der Waals surface area (Å²) >= 11 is 1.40. The van der Waals surface area contributed by atoms with Gasteiger partial charge in [0.1, 0.15) is 22.0 Å². The number of likely N-dealkylation sites (tertiary alicyclic amines) is 1. The van der Waals surface area contributed by atoms with Crippen LogP contribution in [-0.2, 0) is 6.42 Å². The zero-order valence-electron chi connectivity index (χ0n) is 20.9. The van der Waals surface area contributed by atoms with Crippen LogP contribution in [0.2, 0.25) is 0 Å². The number of methoxy groups -OCH3 is 1. The van der Waals surface area contributed by atoms with Crippen LogP contribution in [0.25, 0.3) is 27.6 Å². The van der Waals surface area contributed by atoms with Gasteiger partial charge in [-0.15, -0.1) is 0 Å². The molecule has 2 saturated heterocycles. The molecule has 0 bridgehead atoms. The third-order valence-corrected chi connectivity index (χ3v) is 8.44. The van der Waals surface area contributed by atoms with Gasteiger partial charge in [-0.3, -0.25) is 10.00 Å². The molecule has 0 unspecified atom stereocenters. The molecule has 0 amide bonds. The number of rotatable bonds is 6. The average molecular weight is 533 g/mol. The minimum absolute atomic E-state index is 0.0426. The first-order chi connectivity index (χ1) is 17.6. The smallest absolute Gasteiger partial charge is 0.393 e. The summed E-state index contributed by atoms with van der Waals surface area (Å²) < 4.78 is 48.1. The van der Waals surface area contributed by atoms with Crippen LogP contribution in [0.5, 0.6) is 5.75 Å². The highest BCUT2D eigenvalue weighted by Gasteiger charge is 2.52. The largest absolute Gasteiger partial charge is 0.493 e. The summed E-state index contributed by atoms with van der Waals surface area (Å²) in [5.41, 5.74) is 2.58. The summed E-state index contributed by atoms with van der Waals surface area (Å²) in [5.74, 6) is 0.398. The Labute approximate surface area is 215 Å². The van der Waals surface area contributed by atoms with E-state index in [1.54, 1.807) is 12.3 Å². The molecule has 6 rings (SSSR count). The number of aromatic amines is 1. The number of aryl methyl sites for hydroxylation is 1. The predicted molar refractivity (Wildman–Crippen MR) is 134 cm³/mol. The van der Waals surface area contributed by atoms with Crippen molar-refractivity contribution in [3.05, 3.63) is 29.8 Å². The van der Waals surface area contributed by atoms with E-state index in [1.165, 1.54) is 29.3 Å². The fraction of sp³-hybridized carbons (Fsp3) is 0.500. The van der Waals surface area contributed by atoms with E-state index in [9.17, 15) is 13.2 Å². The number of hydrogen-bond donors (Lipinski definition) is 1. The van der Waals surface area contributed by atoms with Crippen LogP contribution in [0.15, 0.2) is 18.6 Å². The maximum Gasteiger partial charge on any atom is 0.393 e. The van der Waals surface area contributed by atoms with E-state index in [0.717, 1.165) is 36.9 Å². The SMILES string of the molecule is COc1cc(-c2[nH]nc(-c3nc(C)c(N4CC5(C4)CN(C(C)C)C5)s3)c2CC(F)(F)F)cn2ncnc12. The molecule has 4 aromatic heterocycles. The van der Waals surface area contributed by atoms with Crippen LogP contribution < -0.4 is 9.64 Å². The molecule has 196 valence electrons. The molecule has 2 aliphatic heterocycles. The molecule has 9 nitrogen and oxygen atoms in total. The maximum atomic E-state index is 13.7. The van der Waals surface area contributed by atoms with Gasteiger partial charge in [-0.1, -0.05) is 11.3 Å². The third-order valence-electron chi connectivity index (χ3n) is 7.22. The second-order valence-electron chi connectivity index (χ2n) is 10.3. The van der Waals surface area contributed by atoms with Crippen molar-refractivity contribution >= 4 is 22.0 Å². The van der Waals surface area contributed by atoms with Gasteiger partial charge < -0.3 is 9.64 Å². The van der Waals surface area contributed by atoms with Crippen molar-refractivity contribution in [1.82, 2.24) is 34.7 Å². The quantitative estimate of drug-likeness (QED) is 0.398. The lowest BCUT2D eigenvalue weighted by molar-refractivity contribution is -0.127. The van der Waals surface area contributed by atoms with Gasteiger partial charge in [0.15, 0.2) is 11.4 Å². The van der Waals surface area contributed by atoms with E-state index < -0.39 is 12.6 Å². The van der Waals surface area contributed by atoms with Gasteiger partial charge >= 0.3 is 6.18 Å². The molecule has 13 heteroatoms. The first-order valence-electron chi connectivity index (χ1n) is 12.0. The van der Waals surface area contributed by atoms with Crippen LogP contribution in [0.1, 0.15) is 25.1 Å². The summed E-state index contributed by atoms with van der Waals surface area (Å²) in [6, 6.07) is 2.18. The average Bonchev–Trinajstić information content (AvgIpc) is 3.48. The van der Waals surface area contributed by atoms with Gasteiger partial charge in [-0.2, -0.15) is 23.4 Å². The second-order valence-corrected chi connectivity index (χ2v) is 11.3. The Hall–Kier alpha value is -3.19. The van der Waals surface area contributed by atoms with E-state index in [4.69, 9.17) is 4.74 Å². The molecule has 4 aromatic rings. The lowest BCUT2D eigenvalue weighted by Gasteiger charge is -2.61. The highest BCUT2D eigenvalue weighted by atomic mass is 32.1. The fourth-order valence-corrected chi connectivity index (χ4v) is 6.49. The van der Waals surface area contributed by atoms with Crippen LogP contribution in [-0.4, -0.2) is 80.2 Å². The number of thiazole rings is 1. The second kappa shape index (κ2) is 8.42. The van der Waals surface area contributed by atoms with Crippen LogP contribution in [0.4, 0.5) is 18.2 Å². The third kappa shape index (κ3) is 4.13. The van der Waals surface area contributed by atoms with E-state index in [-0.39, 0.29) is 17.0 Å². The monoisotopic (exact) mass is 532 g/mol. The number of halogens is 3. The first kappa shape index (κ1) is 24.2. The number of nitrogens with one attached hydrogen (secondary N) is 1. The van der Waals surface area contributed by atoms with Gasteiger partial charge in [0.05, 0.1) is 24.9 Å². The molecule has 2 aliphatic rings. The Balaban J connectivity index is 1.34. The molecule has 0 aliphatic carbocycles. The van der Waals surface area contributed by atoms with Gasteiger partial charge in [0.2, 0.25) is 0 Å². The summed E-state index contributed by atoms with van der Waals surface area (Å²) in [6.45, 7) is 10.4. The number of alkyl halides is 3. The fourth-order valence-electron chi connectivity index (χ4n) is 5.41. The Morgan fingerprint density at radius 2 is 1.97 bits per heavy atom. The summed E-state index contributed by atoms with van der Waals surface area (Å²) in [4.78, 5) is 13.5. The van der Waals surface area contributed by atoms with Gasteiger partial charge in [-0.25, -0.2) is 14.5 Å². The first-order valence-corrected chi connectivity index (χ1v) is 12.9. The number of anilines is 1. The van der Waals surface area contributed by atoms with Crippen LogP contribution >= 0.6 is 11.3 Å². The number of pyridine rings is 1. The van der Waals surface area contributed by atoms with Crippen molar-refractivity contribution in [2.45, 2.75) is 39.4 Å². The Kier molecular flexibility index (Phi) is 5.50. The number of fused-ring (bicyclic) bond motifs is 1. The Morgan fingerprint density at radius 1 is 1.22 bits per heavy atom. The minimum Gasteiger partial charge on any atom is -0.493 e. The van der Waals surface area contributed by atoms with E-state index in [0.29, 0.717) is 33.4 Å². The molecular weight excluding hydrogens is 505 g/mol. The molecule has 6 heterocycles. The highest BCUT2D eigenvalue weighted by molar-refractivity contribution is 7.19. The number of hydrogen-bond acceptors (Lipinski definition) is 8. The molecule has 0 aromatic carbocycles. The molecular formula is C24H27F3N8OS. The van der Waals surface area contributed by atoms with Gasteiger partial charge in [-0.05, 0) is 26.8 Å². The van der Waals surface area contributed by atoms with Crippen molar-refractivity contribution in [3.63, 3.8) is 0 Å². The molecule has 0 atom stereocenters. The number of ether oxygens (including phenoxy) is 1. The molecule has 2 fully saturated rings.